The van der Waals surface area contributed by atoms with E-state index in [2.05, 4.69) is 15.9 Å². The Morgan fingerprint density at radius 3 is 2.71 bits per heavy atom. The van der Waals surface area contributed by atoms with Gasteiger partial charge in [0.1, 0.15) is 9.84 Å². The Kier molecular flexibility index (Phi) is 5.62. The number of benzene rings is 1. The highest BCUT2D eigenvalue weighted by Crippen LogP contribution is 2.13. The van der Waals surface area contributed by atoms with Gasteiger partial charge < -0.3 is 5.73 Å². The fourth-order valence-corrected chi connectivity index (χ4v) is 2.81. The van der Waals surface area contributed by atoms with E-state index in [9.17, 15) is 8.42 Å². The fraction of sp³-hybridized carbons (Fsp3) is 0.500. The second-order valence-electron chi connectivity index (χ2n) is 4.37. The summed E-state index contributed by atoms with van der Waals surface area (Å²) >= 11 is 3.41. The first-order valence-corrected chi connectivity index (χ1v) is 8.40. The Morgan fingerprint density at radius 2 is 2.12 bits per heavy atom. The summed E-state index contributed by atoms with van der Waals surface area (Å²) in [6.07, 6.45) is 3.41. The maximum atomic E-state index is 11.0. The van der Waals surface area contributed by atoms with Crippen molar-refractivity contribution in [3.63, 3.8) is 0 Å². The van der Waals surface area contributed by atoms with Gasteiger partial charge in [0.05, 0.1) is 0 Å². The van der Waals surface area contributed by atoms with Crippen LogP contribution in [-0.2, 0) is 16.3 Å². The molecule has 0 amide bonds. The van der Waals surface area contributed by atoms with Crippen LogP contribution in [0.25, 0.3) is 0 Å². The van der Waals surface area contributed by atoms with E-state index >= 15 is 0 Å². The highest BCUT2D eigenvalue weighted by molar-refractivity contribution is 9.10. The first-order chi connectivity index (χ1) is 7.87. The lowest BCUT2D eigenvalue weighted by molar-refractivity contribution is 0.577. The minimum absolute atomic E-state index is 0.0195. The second-order valence-corrected chi connectivity index (χ2v) is 7.54. The predicted molar refractivity (Wildman–Crippen MR) is 74.8 cm³/mol. The molecule has 0 aliphatic carbocycles. The van der Waals surface area contributed by atoms with Crippen molar-refractivity contribution in [1.82, 2.24) is 0 Å². The van der Waals surface area contributed by atoms with Crippen LogP contribution in [0.4, 0.5) is 0 Å². The number of sulfone groups is 1. The molecule has 1 aromatic rings. The van der Waals surface area contributed by atoms with Crippen LogP contribution in [-0.4, -0.2) is 26.5 Å². The zero-order valence-electron chi connectivity index (χ0n) is 9.90. The molecule has 0 bridgehead atoms. The third kappa shape index (κ3) is 6.81. The smallest absolute Gasteiger partial charge is 0.147 e. The van der Waals surface area contributed by atoms with Gasteiger partial charge in [0.2, 0.25) is 0 Å². The minimum Gasteiger partial charge on any atom is -0.327 e. The molecule has 1 unspecified atom stereocenters. The quantitative estimate of drug-likeness (QED) is 0.874. The standard InChI is InChI=1S/C12H18BrNO2S/c1-17(15,16)7-3-6-12(14)9-10-4-2-5-11(13)8-10/h2,4-5,8,12H,3,6-7,9,14H2,1H3. The molecule has 5 heteroatoms. The lowest BCUT2D eigenvalue weighted by atomic mass is 10.0. The largest absolute Gasteiger partial charge is 0.327 e. The van der Waals surface area contributed by atoms with Gasteiger partial charge in [-0.05, 0) is 37.0 Å². The lowest BCUT2D eigenvalue weighted by Gasteiger charge is -2.11. The Bertz CT molecular complexity index is 459. The normalized spacial score (nSPS) is 13.6. The molecule has 0 radical (unpaired) electrons. The van der Waals surface area contributed by atoms with Gasteiger partial charge in [0.15, 0.2) is 0 Å². The first-order valence-electron chi connectivity index (χ1n) is 5.54. The van der Waals surface area contributed by atoms with E-state index in [1.165, 1.54) is 11.8 Å². The van der Waals surface area contributed by atoms with Gasteiger partial charge in [-0.1, -0.05) is 28.1 Å². The second kappa shape index (κ2) is 6.52. The Morgan fingerprint density at radius 1 is 1.41 bits per heavy atom. The average molecular weight is 320 g/mol. The van der Waals surface area contributed by atoms with Gasteiger partial charge in [-0.3, -0.25) is 0 Å². The van der Waals surface area contributed by atoms with E-state index in [0.717, 1.165) is 17.3 Å². The van der Waals surface area contributed by atoms with E-state index < -0.39 is 9.84 Å². The van der Waals surface area contributed by atoms with Crippen LogP contribution in [0.2, 0.25) is 0 Å². The molecule has 96 valence electrons. The minimum atomic E-state index is -2.86. The molecule has 0 aliphatic rings. The van der Waals surface area contributed by atoms with Crippen molar-refractivity contribution >= 4 is 25.8 Å². The molecular weight excluding hydrogens is 302 g/mol. The maximum Gasteiger partial charge on any atom is 0.147 e. The summed E-state index contributed by atoms with van der Waals surface area (Å²) in [5.74, 6) is 0.221. The fourth-order valence-electron chi connectivity index (χ4n) is 1.68. The molecule has 0 spiro atoms. The Hall–Kier alpha value is -0.390. The molecule has 0 saturated carbocycles. The summed E-state index contributed by atoms with van der Waals surface area (Å²) in [4.78, 5) is 0. The molecule has 0 fully saturated rings. The molecule has 2 N–H and O–H groups in total. The summed E-state index contributed by atoms with van der Waals surface area (Å²) < 4.78 is 23.0. The van der Waals surface area contributed by atoms with E-state index in [-0.39, 0.29) is 11.8 Å². The third-order valence-electron chi connectivity index (χ3n) is 2.48. The van der Waals surface area contributed by atoms with Crippen LogP contribution in [0.5, 0.6) is 0 Å². The van der Waals surface area contributed by atoms with Crippen LogP contribution < -0.4 is 5.73 Å². The highest BCUT2D eigenvalue weighted by atomic mass is 79.9. The number of hydrogen-bond acceptors (Lipinski definition) is 3. The number of hydrogen-bond donors (Lipinski definition) is 1. The van der Waals surface area contributed by atoms with Gasteiger partial charge in [-0.2, -0.15) is 0 Å². The Balaban J connectivity index is 2.37. The van der Waals surface area contributed by atoms with Gasteiger partial charge in [-0.15, -0.1) is 0 Å². The average Bonchev–Trinajstić information content (AvgIpc) is 2.15. The molecule has 1 atom stereocenters. The number of rotatable bonds is 6. The van der Waals surface area contributed by atoms with E-state index in [0.29, 0.717) is 6.42 Å². The molecule has 0 saturated heterocycles. The molecule has 0 aromatic heterocycles. The van der Waals surface area contributed by atoms with Crippen LogP contribution in [0.1, 0.15) is 18.4 Å². The monoisotopic (exact) mass is 319 g/mol. The zero-order valence-corrected chi connectivity index (χ0v) is 12.3. The predicted octanol–water partition coefficient (Wildman–Crippen LogP) is 2.14. The van der Waals surface area contributed by atoms with Gasteiger partial charge in [0, 0.05) is 22.5 Å². The van der Waals surface area contributed by atoms with Crippen molar-refractivity contribution in [3.05, 3.63) is 34.3 Å². The summed E-state index contributed by atoms with van der Waals surface area (Å²) in [5.41, 5.74) is 7.15. The molecular formula is C12H18BrNO2S. The zero-order chi connectivity index (χ0) is 12.9. The van der Waals surface area contributed by atoms with E-state index in [4.69, 9.17) is 5.73 Å². The molecule has 1 rings (SSSR count). The van der Waals surface area contributed by atoms with E-state index in [1.807, 2.05) is 24.3 Å². The summed E-state index contributed by atoms with van der Waals surface area (Å²) in [5, 5.41) is 0. The number of halogens is 1. The molecule has 0 heterocycles. The third-order valence-corrected chi connectivity index (χ3v) is 4.00. The van der Waals surface area contributed by atoms with Crippen molar-refractivity contribution in [2.45, 2.75) is 25.3 Å². The molecule has 17 heavy (non-hydrogen) atoms. The van der Waals surface area contributed by atoms with Gasteiger partial charge in [-0.25, -0.2) is 8.42 Å². The van der Waals surface area contributed by atoms with Crippen molar-refractivity contribution in [3.8, 4) is 0 Å². The van der Waals surface area contributed by atoms with E-state index in [1.54, 1.807) is 0 Å². The van der Waals surface area contributed by atoms with Crippen LogP contribution in [0.15, 0.2) is 28.7 Å². The first kappa shape index (κ1) is 14.7. The summed E-state index contributed by atoms with van der Waals surface area (Å²) in [7, 11) is -2.86. The maximum absolute atomic E-state index is 11.0. The SMILES string of the molecule is CS(=O)(=O)CCCC(N)Cc1cccc(Br)c1. The number of nitrogens with two attached hydrogens (primary N) is 1. The molecule has 3 nitrogen and oxygen atoms in total. The van der Waals surface area contributed by atoms with Crippen LogP contribution in [0.3, 0.4) is 0 Å². The van der Waals surface area contributed by atoms with Crippen molar-refractivity contribution in [2.24, 2.45) is 5.73 Å². The van der Waals surface area contributed by atoms with Crippen LogP contribution >= 0.6 is 15.9 Å². The van der Waals surface area contributed by atoms with Gasteiger partial charge >= 0.3 is 0 Å². The molecule has 1 aromatic carbocycles. The molecule has 0 aliphatic heterocycles. The Labute approximate surface area is 111 Å². The van der Waals surface area contributed by atoms with Gasteiger partial charge in [0.25, 0.3) is 0 Å². The van der Waals surface area contributed by atoms with Crippen molar-refractivity contribution in [1.29, 1.82) is 0 Å². The van der Waals surface area contributed by atoms with Crippen molar-refractivity contribution in [2.75, 3.05) is 12.0 Å². The lowest BCUT2D eigenvalue weighted by Crippen LogP contribution is -2.23. The van der Waals surface area contributed by atoms with Crippen LogP contribution in [0, 0.1) is 0 Å². The topological polar surface area (TPSA) is 60.2 Å². The van der Waals surface area contributed by atoms with Crippen molar-refractivity contribution < 1.29 is 8.42 Å². The highest BCUT2D eigenvalue weighted by Gasteiger charge is 2.07. The summed E-state index contributed by atoms with van der Waals surface area (Å²) in [6, 6.07) is 8.03. The summed E-state index contributed by atoms with van der Waals surface area (Å²) in [6.45, 7) is 0.